The zero-order valence-corrected chi connectivity index (χ0v) is 7.64. The van der Waals surface area contributed by atoms with Crippen LogP contribution in [-0.4, -0.2) is 4.98 Å². The molecular weight excluding hydrogens is 225 g/mol. The summed E-state index contributed by atoms with van der Waals surface area (Å²) in [5.74, 6) is 0. The normalized spacial score (nSPS) is 10.8. The summed E-state index contributed by atoms with van der Waals surface area (Å²) in [7, 11) is 0. The van der Waals surface area contributed by atoms with Gasteiger partial charge in [-0.2, -0.15) is 4.98 Å². The maximum atomic E-state index is 12.5. The van der Waals surface area contributed by atoms with E-state index in [0.29, 0.717) is 16.4 Å². The lowest BCUT2D eigenvalue weighted by molar-refractivity contribution is 0.355. The van der Waals surface area contributed by atoms with Crippen molar-refractivity contribution in [3.8, 4) is 0 Å². The molecule has 12 heavy (non-hydrogen) atoms. The van der Waals surface area contributed by atoms with Crippen LogP contribution < -0.4 is 0 Å². The minimum atomic E-state index is -0.779. The van der Waals surface area contributed by atoms with Crippen LogP contribution in [0.15, 0.2) is 22.6 Å². The highest BCUT2D eigenvalue weighted by Gasteiger charge is 2.07. The van der Waals surface area contributed by atoms with E-state index < -0.39 is 6.14 Å². The zero-order chi connectivity index (χ0) is 8.55. The number of hydrogen-bond acceptors (Lipinski definition) is 2. The first-order valence-corrected chi connectivity index (χ1v) is 4.53. The van der Waals surface area contributed by atoms with E-state index in [1.165, 1.54) is 0 Å². The first-order chi connectivity index (χ1) is 5.81. The quantitative estimate of drug-likeness (QED) is 0.704. The van der Waals surface area contributed by atoms with E-state index in [9.17, 15) is 4.39 Å². The SMILES string of the molecule is Fc1nc2c(CBr)cccc2o1. The van der Waals surface area contributed by atoms with Gasteiger partial charge in [0.25, 0.3) is 0 Å². The number of aromatic nitrogens is 1. The van der Waals surface area contributed by atoms with Gasteiger partial charge in [0.2, 0.25) is 0 Å². The Morgan fingerprint density at radius 3 is 3.08 bits per heavy atom. The summed E-state index contributed by atoms with van der Waals surface area (Å²) in [6.45, 7) is 0. The third kappa shape index (κ3) is 1.12. The monoisotopic (exact) mass is 229 g/mol. The van der Waals surface area contributed by atoms with Gasteiger partial charge in [0.15, 0.2) is 5.58 Å². The van der Waals surface area contributed by atoms with Crippen molar-refractivity contribution in [2.45, 2.75) is 5.33 Å². The summed E-state index contributed by atoms with van der Waals surface area (Å²) >= 11 is 3.28. The van der Waals surface area contributed by atoms with Crippen LogP contribution in [0.3, 0.4) is 0 Å². The number of para-hydroxylation sites is 1. The summed E-state index contributed by atoms with van der Waals surface area (Å²) < 4.78 is 17.3. The molecule has 0 spiro atoms. The van der Waals surface area contributed by atoms with Gasteiger partial charge in [0, 0.05) is 5.33 Å². The number of halogens is 2. The van der Waals surface area contributed by atoms with Gasteiger partial charge in [0.1, 0.15) is 5.52 Å². The average Bonchev–Trinajstić information content (AvgIpc) is 2.44. The Morgan fingerprint density at radius 1 is 1.50 bits per heavy atom. The molecule has 0 atom stereocenters. The van der Waals surface area contributed by atoms with Crippen molar-refractivity contribution >= 4 is 27.0 Å². The molecule has 1 heterocycles. The van der Waals surface area contributed by atoms with E-state index in [0.717, 1.165) is 5.56 Å². The summed E-state index contributed by atoms with van der Waals surface area (Å²) in [5, 5.41) is 0.649. The zero-order valence-electron chi connectivity index (χ0n) is 6.05. The van der Waals surface area contributed by atoms with E-state index in [-0.39, 0.29) is 0 Å². The van der Waals surface area contributed by atoms with Gasteiger partial charge in [-0.15, -0.1) is 4.39 Å². The Kier molecular flexibility index (Phi) is 1.84. The standard InChI is InChI=1S/C8H5BrFNO/c9-4-5-2-1-3-6-7(5)11-8(10)12-6/h1-3H,4H2. The number of rotatable bonds is 1. The van der Waals surface area contributed by atoms with Crippen molar-refractivity contribution in [2.24, 2.45) is 0 Å². The Balaban J connectivity index is 2.78. The summed E-state index contributed by atoms with van der Waals surface area (Å²) in [4.78, 5) is 3.62. The largest absolute Gasteiger partial charge is 0.415 e. The average molecular weight is 230 g/mol. The molecule has 4 heteroatoms. The molecule has 0 N–H and O–H groups in total. The number of oxazole rings is 1. The third-order valence-electron chi connectivity index (χ3n) is 1.62. The highest BCUT2D eigenvalue weighted by Crippen LogP contribution is 2.20. The molecule has 0 saturated heterocycles. The predicted molar refractivity (Wildman–Crippen MR) is 46.6 cm³/mol. The van der Waals surface area contributed by atoms with Crippen molar-refractivity contribution in [3.63, 3.8) is 0 Å². The van der Waals surface area contributed by atoms with Crippen LogP contribution in [0.5, 0.6) is 0 Å². The molecule has 0 saturated carbocycles. The van der Waals surface area contributed by atoms with Crippen molar-refractivity contribution in [1.29, 1.82) is 0 Å². The van der Waals surface area contributed by atoms with E-state index >= 15 is 0 Å². The predicted octanol–water partition coefficient (Wildman–Crippen LogP) is 2.86. The van der Waals surface area contributed by atoms with Crippen LogP contribution in [0.2, 0.25) is 0 Å². The highest BCUT2D eigenvalue weighted by molar-refractivity contribution is 9.08. The molecule has 0 aliphatic carbocycles. The smallest absolute Gasteiger partial charge is 0.382 e. The van der Waals surface area contributed by atoms with Gasteiger partial charge < -0.3 is 4.42 Å². The molecule has 2 aromatic rings. The summed E-state index contributed by atoms with van der Waals surface area (Å²) in [6.07, 6.45) is -0.779. The first kappa shape index (κ1) is 7.73. The molecule has 0 fully saturated rings. The van der Waals surface area contributed by atoms with Crippen LogP contribution in [0.25, 0.3) is 11.1 Å². The van der Waals surface area contributed by atoms with E-state index in [2.05, 4.69) is 20.9 Å². The Hall–Kier alpha value is -0.900. The molecule has 62 valence electrons. The molecule has 0 unspecified atom stereocenters. The lowest BCUT2D eigenvalue weighted by Gasteiger charge is -1.92. The van der Waals surface area contributed by atoms with Gasteiger partial charge in [-0.1, -0.05) is 28.1 Å². The van der Waals surface area contributed by atoms with E-state index in [1.54, 1.807) is 6.07 Å². The van der Waals surface area contributed by atoms with Crippen LogP contribution in [0.1, 0.15) is 5.56 Å². The fourth-order valence-corrected chi connectivity index (χ4v) is 1.54. The van der Waals surface area contributed by atoms with Crippen LogP contribution in [-0.2, 0) is 5.33 Å². The Bertz CT molecular complexity index is 412. The maximum absolute atomic E-state index is 12.5. The first-order valence-electron chi connectivity index (χ1n) is 3.41. The number of fused-ring (bicyclic) bond motifs is 1. The second-order valence-electron chi connectivity index (χ2n) is 2.36. The van der Waals surface area contributed by atoms with Gasteiger partial charge in [-0.3, -0.25) is 0 Å². The second kappa shape index (κ2) is 2.86. The van der Waals surface area contributed by atoms with Gasteiger partial charge in [-0.25, -0.2) is 0 Å². The van der Waals surface area contributed by atoms with E-state index in [4.69, 9.17) is 4.42 Å². The second-order valence-corrected chi connectivity index (χ2v) is 2.93. The topological polar surface area (TPSA) is 26.0 Å². The summed E-state index contributed by atoms with van der Waals surface area (Å²) in [5.41, 5.74) is 2.01. The lowest BCUT2D eigenvalue weighted by atomic mass is 10.2. The molecule has 1 aromatic carbocycles. The van der Waals surface area contributed by atoms with Crippen LogP contribution in [0, 0.1) is 6.14 Å². The minimum absolute atomic E-state index is 0.490. The van der Waals surface area contributed by atoms with Crippen LogP contribution in [0.4, 0.5) is 4.39 Å². The Morgan fingerprint density at radius 2 is 2.33 bits per heavy atom. The van der Waals surface area contributed by atoms with Crippen molar-refractivity contribution in [1.82, 2.24) is 4.98 Å². The Labute approximate surface area is 76.5 Å². The number of hydrogen-bond donors (Lipinski definition) is 0. The van der Waals surface area contributed by atoms with Crippen molar-refractivity contribution in [3.05, 3.63) is 29.9 Å². The summed E-state index contributed by atoms with van der Waals surface area (Å²) in [6, 6.07) is 5.38. The third-order valence-corrected chi connectivity index (χ3v) is 2.22. The van der Waals surface area contributed by atoms with E-state index in [1.807, 2.05) is 12.1 Å². The minimum Gasteiger partial charge on any atom is -0.415 e. The van der Waals surface area contributed by atoms with Gasteiger partial charge >= 0.3 is 6.14 Å². The molecule has 2 nitrogen and oxygen atoms in total. The molecule has 0 radical (unpaired) electrons. The number of nitrogens with zero attached hydrogens (tertiary/aromatic N) is 1. The number of alkyl halides is 1. The molecule has 0 aliphatic heterocycles. The highest BCUT2D eigenvalue weighted by atomic mass is 79.9. The fourth-order valence-electron chi connectivity index (χ4n) is 1.09. The van der Waals surface area contributed by atoms with Gasteiger partial charge in [0.05, 0.1) is 0 Å². The lowest BCUT2D eigenvalue weighted by Crippen LogP contribution is -1.79. The molecule has 0 amide bonds. The fraction of sp³-hybridized carbons (Fsp3) is 0.125. The molecule has 2 rings (SSSR count). The molecule has 1 aromatic heterocycles. The molecule has 0 aliphatic rings. The molecule has 0 bridgehead atoms. The van der Waals surface area contributed by atoms with Gasteiger partial charge in [-0.05, 0) is 11.6 Å². The molecular formula is C8H5BrFNO. The van der Waals surface area contributed by atoms with Crippen molar-refractivity contribution < 1.29 is 8.81 Å². The number of benzene rings is 1. The maximum Gasteiger partial charge on any atom is 0.382 e. The van der Waals surface area contributed by atoms with Crippen molar-refractivity contribution in [2.75, 3.05) is 0 Å². The van der Waals surface area contributed by atoms with Crippen LogP contribution >= 0.6 is 15.9 Å².